The van der Waals surface area contributed by atoms with Gasteiger partial charge in [0, 0.05) is 4.88 Å². The lowest BCUT2D eigenvalue weighted by Gasteiger charge is -2.20. The molecule has 96 valence electrons. The van der Waals surface area contributed by atoms with Crippen molar-refractivity contribution in [2.75, 3.05) is 5.32 Å². The number of aromatic nitrogens is 1. The smallest absolute Gasteiger partial charge is 0.347 e. The molecule has 0 bridgehead atoms. The molecular formula is C12H14N2O2S2. The first-order valence-electron chi connectivity index (χ1n) is 5.57. The van der Waals surface area contributed by atoms with E-state index in [0.29, 0.717) is 11.0 Å². The first kappa shape index (κ1) is 13.0. The fraction of sp³-hybridized carbons (Fsp3) is 0.333. The van der Waals surface area contributed by atoms with E-state index in [0.717, 1.165) is 0 Å². The van der Waals surface area contributed by atoms with Crippen LogP contribution in [0.2, 0.25) is 0 Å². The highest BCUT2D eigenvalue weighted by Crippen LogP contribution is 2.31. The molecule has 18 heavy (non-hydrogen) atoms. The zero-order valence-corrected chi connectivity index (χ0v) is 11.7. The van der Waals surface area contributed by atoms with Gasteiger partial charge in [0.05, 0.1) is 12.2 Å². The summed E-state index contributed by atoms with van der Waals surface area (Å²) in [6.07, 6.45) is 1.39. The van der Waals surface area contributed by atoms with Gasteiger partial charge in [0.25, 0.3) is 0 Å². The molecule has 0 aliphatic carbocycles. The topological polar surface area (TPSA) is 62.2 Å². The van der Waals surface area contributed by atoms with Crippen molar-refractivity contribution in [1.82, 2.24) is 4.98 Å². The molecule has 1 atom stereocenters. The number of rotatable bonds is 5. The number of carbonyl (C=O) groups is 1. The fourth-order valence-corrected chi connectivity index (χ4v) is 3.25. The normalized spacial score (nSPS) is 12.6. The van der Waals surface area contributed by atoms with Crippen LogP contribution < -0.4 is 5.32 Å². The van der Waals surface area contributed by atoms with E-state index in [2.05, 4.69) is 30.2 Å². The van der Waals surface area contributed by atoms with Gasteiger partial charge in [0.2, 0.25) is 0 Å². The molecule has 0 fully saturated rings. The van der Waals surface area contributed by atoms with Gasteiger partial charge in [-0.1, -0.05) is 31.3 Å². The van der Waals surface area contributed by atoms with E-state index in [1.165, 1.54) is 22.4 Å². The van der Waals surface area contributed by atoms with E-state index >= 15 is 0 Å². The summed E-state index contributed by atoms with van der Waals surface area (Å²) in [6, 6.07) is 4.26. The third kappa shape index (κ3) is 2.88. The van der Waals surface area contributed by atoms with Crippen molar-refractivity contribution in [3.05, 3.63) is 33.5 Å². The molecule has 0 aromatic carbocycles. The lowest BCUT2D eigenvalue weighted by Crippen LogP contribution is -2.15. The molecular weight excluding hydrogens is 268 g/mol. The van der Waals surface area contributed by atoms with Crippen LogP contribution in [0.15, 0.2) is 23.7 Å². The van der Waals surface area contributed by atoms with Crippen molar-refractivity contribution < 1.29 is 9.90 Å². The molecule has 0 aliphatic heterocycles. The Kier molecular flexibility index (Phi) is 3.98. The van der Waals surface area contributed by atoms with Crippen LogP contribution in [0.25, 0.3) is 0 Å². The maximum Gasteiger partial charge on any atom is 0.347 e. The summed E-state index contributed by atoms with van der Waals surface area (Å²) < 4.78 is 0. The molecule has 4 nitrogen and oxygen atoms in total. The number of thiazole rings is 1. The zero-order valence-electron chi connectivity index (χ0n) is 10.1. The highest BCUT2D eigenvalue weighted by atomic mass is 32.1. The highest BCUT2D eigenvalue weighted by molar-refractivity contribution is 7.17. The molecule has 0 spiro atoms. The molecule has 0 saturated carbocycles. The number of carboxylic acids is 1. The third-order valence-corrected chi connectivity index (χ3v) is 4.38. The SMILES string of the molecule is CC(C)C(Nc1ncc(C(=O)O)s1)c1cccs1. The molecule has 0 aliphatic rings. The van der Waals surface area contributed by atoms with Crippen LogP contribution in [-0.2, 0) is 0 Å². The van der Waals surface area contributed by atoms with Crippen LogP contribution in [0.4, 0.5) is 5.13 Å². The monoisotopic (exact) mass is 282 g/mol. The van der Waals surface area contributed by atoms with Gasteiger partial charge in [-0.05, 0) is 17.4 Å². The summed E-state index contributed by atoms with van der Waals surface area (Å²) in [5.74, 6) is -0.529. The average molecular weight is 282 g/mol. The number of anilines is 1. The van der Waals surface area contributed by atoms with Gasteiger partial charge in [-0.2, -0.15) is 0 Å². The minimum Gasteiger partial charge on any atom is -0.477 e. The molecule has 0 amide bonds. The predicted molar refractivity (Wildman–Crippen MR) is 74.6 cm³/mol. The molecule has 2 N–H and O–H groups in total. The second kappa shape index (κ2) is 5.49. The Morgan fingerprint density at radius 2 is 2.28 bits per heavy atom. The van der Waals surface area contributed by atoms with E-state index in [9.17, 15) is 4.79 Å². The first-order chi connectivity index (χ1) is 8.58. The van der Waals surface area contributed by atoms with E-state index in [4.69, 9.17) is 5.11 Å². The summed E-state index contributed by atoms with van der Waals surface area (Å²) in [4.78, 5) is 16.4. The van der Waals surface area contributed by atoms with Gasteiger partial charge in [0.1, 0.15) is 4.88 Å². The third-order valence-electron chi connectivity index (χ3n) is 2.51. The summed E-state index contributed by atoms with van der Waals surface area (Å²) >= 11 is 2.86. The number of carboxylic acid groups (broad SMARTS) is 1. The number of hydrogen-bond donors (Lipinski definition) is 2. The minimum absolute atomic E-state index is 0.165. The standard InChI is InChI=1S/C12H14N2O2S2/c1-7(2)10(8-4-3-5-17-8)14-12-13-6-9(18-12)11(15)16/h3-7,10H,1-2H3,(H,13,14)(H,15,16). The Bertz CT molecular complexity index is 520. The van der Waals surface area contributed by atoms with Crippen LogP contribution in [0, 0.1) is 5.92 Å². The van der Waals surface area contributed by atoms with Gasteiger partial charge in [0.15, 0.2) is 5.13 Å². The van der Waals surface area contributed by atoms with Gasteiger partial charge >= 0.3 is 5.97 Å². The second-order valence-corrected chi connectivity index (χ2v) is 6.23. The largest absolute Gasteiger partial charge is 0.477 e. The summed E-state index contributed by atoms with van der Waals surface area (Å²) in [5, 5.41) is 14.9. The van der Waals surface area contributed by atoms with Crippen LogP contribution in [0.1, 0.15) is 34.4 Å². The quantitative estimate of drug-likeness (QED) is 0.877. The van der Waals surface area contributed by atoms with Crippen LogP contribution in [0.3, 0.4) is 0 Å². The maximum absolute atomic E-state index is 10.8. The Balaban J connectivity index is 2.16. The van der Waals surface area contributed by atoms with Gasteiger partial charge < -0.3 is 10.4 Å². The van der Waals surface area contributed by atoms with Crippen molar-refractivity contribution in [2.45, 2.75) is 19.9 Å². The Hall–Kier alpha value is -1.40. The second-order valence-electron chi connectivity index (χ2n) is 4.22. The molecule has 1 unspecified atom stereocenters. The van der Waals surface area contributed by atoms with Crippen LogP contribution in [0.5, 0.6) is 0 Å². The number of nitrogens with zero attached hydrogens (tertiary/aromatic N) is 1. The Morgan fingerprint density at radius 1 is 1.50 bits per heavy atom. The van der Waals surface area contributed by atoms with Gasteiger partial charge in [-0.25, -0.2) is 9.78 Å². The Morgan fingerprint density at radius 3 is 2.78 bits per heavy atom. The van der Waals surface area contributed by atoms with Crippen molar-refractivity contribution in [3.8, 4) is 0 Å². The number of nitrogens with one attached hydrogen (secondary N) is 1. The summed E-state index contributed by atoms with van der Waals surface area (Å²) in [5.41, 5.74) is 0. The lowest BCUT2D eigenvalue weighted by molar-refractivity contribution is 0.0702. The number of thiophene rings is 1. The zero-order chi connectivity index (χ0) is 13.1. The number of hydrogen-bond acceptors (Lipinski definition) is 5. The Labute approximate surface area is 113 Å². The molecule has 0 saturated heterocycles. The van der Waals surface area contributed by atoms with Crippen LogP contribution in [-0.4, -0.2) is 16.1 Å². The van der Waals surface area contributed by atoms with E-state index < -0.39 is 5.97 Å². The van der Waals surface area contributed by atoms with Gasteiger partial charge in [-0.15, -0.1) is 11.3 Å². The van der Waals surface area contributed by atoms with Crippen molar-refractivity contribution >= 4 is 33.8 Å². The van der Waals surface area contributed by atoms with Crippen molar-refractivity contribution in [2.24, 2.45) is 5.92 Å². The summed E-state index contributed by atoms with van der Waals surface area (Å²) in [7, 11) is 0. The van der Waals surface area contributed by atoms with Crippen molar-refractivity contribution in [1.29, 1.82) is 0 Å². The maximum atomic E-state index is 10.8. The molecule has 6 heteroatoms. The fourth-order valence-electron chi connectivity index (χ4n) is 1.61. The summed E-state index contributed by atoms with van der Waals surface area (Å²) in [6.45, 7) is 4.26. The van der Waals surface area contributed by atoms with Crippen LogP contribution >= 0.6 is 22.7 Å². The molecule has 2 rings (SSSR count). The molecule has 2 heterocycles. The minimum atomic E-state index is -0.933. The molecule has 2 aromatic rings. The van der Waals surface area contributed by atoms with E-state index in [1.807, 2.05) is 11.4 Å². The average Bonchev–Trinajstić information content (AvgIpc) is 2.96. The van der Waals surface area contributed by atoms with E-state index in [1.54, 1.807) is 11.3 Å². The van der Waals surface area contributed by atoms with E-state index in [-0.39, 0.29) is 10.9 Å². The molecule has 0 radical (unpaired) electrons. The van der Waals surface area contributed by atoms with Crippen molar-refractivity contribution in [3.63, 3.8) is 0 Å². The highest BCUT2D eigenvalue weighted by Gasteiger charge is 2.18. The molecule has 2 aromatic heterocycles. The lowest BCUT2D eigenvalue weighted by atomic mass is 10.0. The van der Waals surface area contributed by atoms with Gasteiger partial charge in [-0.3, -0.25) is 0 Å². The number of aromatic carboxylic acids is 1. The first-order valence-corrected chi connectivity index (χ1v) is 7.26. The predicted octanol–water partition coefficient (Wildman–Crippen LogP) is 3.71.